The van der Waals surface area contributed by atoms with Gasteiger partial charge in [-0.15, -0.1) is 0 Å². The predicted octanol–water partition coefficient (Wildman–Crippen LogP) is 3.98. The van der Waals surface area contributed by atoms with E-state index < -0.39 is 0 Å². The maximum absolute atomic E-state index is 12.8. The number of hydrogen-bond acceptors (Lipinski definition) is 3. The molecule has 0 spiro atoms. The van der Waals surface area contributed by atoms with Crippen molar-refractivity contribution >= 4 is 45.6 Å². The standard InChI is InChI=1S/C21H18ClN3O2/c1-24(12-19(26)23-17-10-3-2-9-16(17)22)13-25-18-11-5-7-14-6-4-8-15(20(14)18)21(25)27/h2-11H,12-13H2,1H3,(H,23,26). The molecule has 0 unspecified atom stereocenters. The van der Waals surface area contributed by atoms with Crippen LogP contribution in [0.4, 0.5) is 11.4 Å². The zero-order chi connectivity index (χ0) is 19.0. The van der Waals surface area contributed by atoms with Crippen molar-refractivity contribution in [2.24, 2.45) is 0 Å². The van der Waals surface area contributed by atoms with Gasteiger partial charge in [0.2, 0.25) is 5.91 Å². The number of rotatable bonds is 5. The molecule has 0 bridgehead atoms. The number of halogens is 1. The lowest BCUT2D eigenvalue weighted by Crippen LogP contribution is -2.41. The van der Waals surface area contributed by atoms with E-state index in [-0.39, 0.29) is 18.4 Å². The van der Waals surface area contributed by atoms with Crippen LogP contribution in [-0.4, -0.2) is 37.0 Å². The van der Waals surface area contributed by atoms with Gasteiger partial charge in [0.1, 0.15) is 0 Å². The maximum atomic E-state index is 12.8. The summed E-state index contributed by atoms with van der Waals surface area (Å²) in [5.74, 6) is -0.229. The largest absolute Gasteiger partial charge is 0.324 e. The molecule has 0 fully saturated rings. The highest BCUT2D eigenvalue weighted by Gasteiger charge is 2.30. The van der Waals surface area contributed by atoms with Gasteiger partial charge in [-0.05, 0) is 36.7 Å². The summed E-state index contributed by atoms with van der Waals surface area (Å²) < 4.78 is 0. The van der Waals surface area contributed by atoms with Crippen molar-refractivity contribution in [3.63, 3.8) is 0 Å². The molecule has 1 heterocycles. The number of carbonyl (C=O) groups is 2. The first-order valence-electron chi connectivity index (χ1n) is 8.61. The second kappa shape index (κ2) is 7.02. The lowest BCUT2D eigenvalue weighted by molar-refractivity contribution is -0.117. The number of anilines is 2. The summed E-state index contributed by atoms with van der Waals surface area (Å²) in [5.41, 5.74) is 2.16. The van der Waals surface area contributed by atoms with Gasteiger partial charge in [-0.3, -0.25) is 19.4 Å². The lowest BCUT2D eigenvalue weighted by Gasteiger charge is -2.24. The van der Waals surface area contributed by atoms with Crippen LogP contribution in [0.1, 0.15) is 10.4 Å². The summed E-state index contributed by atoms with van der Waals surface area (Å²) >= 11 is 6.08. The van der Waals surface area contributed by atoms with Crippen LogP contribution in [0.3, 0.4) is 0 Å². The van der Waals surface area contributed by atoms with E-state index in [0.717, 1.165) is 16.5 Å². The third kappa shape index (κ3) is 3.27. The molecule has 0 aliphatic carbocycles. The quantitative estimate of drug-likeness (QED) is 0.729. The van der Waals surface area contributed by atoms with Crippen molar-refractivity contribution < 1.29 is 9.59 Å². The minimum atomic E-state index is -0.187. The summed E-state index contributed by atoms with van der Waals surface area (Å²) in [4.78, 5) is 28.6. The SMILES string of the molecule is CN(CC(=O)Nc1ccccc1Cl)CN1C(=O)c2cccc3cccc1c23. The average Bonchev–Trinajstić information content (AvgIpc) is 2.92. The van der Waals surface area contributed by atoms with E-state index in [0.29, 0.717) is 22.9 Å². The third-order valence-electron chi connectivity index (χ3n) is 4.59. The Morgan fingerprint density at radius 3 is 2.59 bits per heavy atom. The molecule has 0 saturated heterocycles. The van der Waals surface area contributed by atoms with E-state index in [1.807, 2.05) is 49.5 Å². The predicted molar refractivity (Wildman–Crippen MR) is 108 cm³/mol. The summed E-state index contributed by atoms with van der Waals surface area (Å²) in [5, 5.41) is 5.30. The van der Waals surface area contributed by atoms with Gasteiger partial charge in [-0.1, -0.05) is 48.0 Å². The van der Waals surface area contributed by atoms with Gasteiger partial charge in [0.15, 0.2) is 0 Å². The molecule has 3 aromatic rings. The second-order valence-electron chi connectivity index (χ2n) is 6.60. The maximum Gasteiger partial charge on any atom is 0.260 e. The normalized spacial score (nSPS) is 12.9. The van der Waals surface area contributed by atoms with E-state index in [1.54, 1.807) is 28.0 Å². The smallest absolute Gasteiger partial charge is 0.260 e. The van der Waals surface area contributed by atoms with Gasteiger partial charge in [0.25, 0.3) is 5.91 Å². The second-order valence-corrected chi connectivity index (χ2v) is 7.00. The number of carbonyl (C=O) groups excluding carboxylic acids is 2. The third-order valence-corrected chi connectivity index (χ3v) is 4.92. The molecule has 2 amide bonds. The van der Waals surface area contributed by atoms with Crippen LogP contribution in [0.2, 0.25) is 5.02 Å². The monoisotopic (exact) mass is 379 g/mol. The van der Waals surface area contributed by atoms with Crippen molar-refractivity contribution in [3.05, 3.63) is 71.2 Å². The molecule has 1 N–H and O–H groups in total. The molecular formula is C21H18ClN3O2. The van der Waals surface area contributed by atoms with Crippen molar-refractivity contribution in [1.29, 1.82) is 0 Å². The number of amides is 2. The molecule has 0 atom stereocenters. The van der Waals surface area contributed by atoms with Gasteiger partial charge < -0.3 is 5.32 Å². The Morgan fingerprint density at radius 1 is 1.07 bits per heavy atom. The Kier molecular flexibility index (Phi) is 4.56. The Bertz CT molecular complexity index is 1050. The van der Waals surface area contributed by atoms with Gasteiger partial charge in [-0.25, -0.2) is 0 Å². The molecule has 4 rings (SSSR count). The van der Waals surface area contributed by atoms with Crippen LogP contribution in [0.25, 0.3) is 10.8 Å². The number of likely N-dealkylation sites (N-methyl/N-ethyl adjacent to an activating group) is 1. The molecule has 136 valence electrons. The minimum absolute atomic E-state index is 0.0415. The van der Waals surface area contributed by atoms with Crippen LogP contribution in [0.15, 0.2) is 60.7 Å². The zero-order valence-corrected chi connectivity index (χ0v) is 15.5. The molecule has 3 aromatic carbocycles. The molecule has 0 saturated carbocycles. The molecule has 6 heteroatoms. The fraction of sp³-hybridized carbons (Fsp3) is 0.143. The van der Waals surface area contributed by atoms with E-state index in [1.165, 1.54) is 0 Å². The fourth-order valence-corrected chi connectivity index (χ4v) is 3.59. The number of nitrogens with one attached hydrogen (secondary N) is 1. The highest BCUT2D eigenvalue weighted by atomic mass is 35.5. The first-order chi connectivity index (χ1) is 13.0. The zero-order valence-electron chi connectivity index (χ0n) is 14.8. The number of hydrogen-bond donors (Lipinski definition) is 1. The highest BCUT2D eigenvalue weighted by molar-refractivity contribution is 6.33. The van der Waals surface area contributed by atoms with Crippen LogP contribution in [0.5, 0.6) is 0 Å². The molecule has 1 aliphatic heterocycles. The van der Waals surface area contributed by atoms with E-state index in [9.17, 15) is 9.59 Å². The highest BCUT2D eigenvalue weighted by Crippen LogP contribution is 2.37. The number of benzene rings is 3. The Hall–Kier alpha value is -2.89. The van der Waals surface area contributed by atoms with Gasteiger partial charge >= 0.3 is 0 Å². The summed E-state index contributed by atoms with van der Waals surface area (Å²) in [6.45, 7) is 0.462. The Balaban J connectivity index is 1.47. The van der Waals surface area contributed by atoms with E-state index >= 15 is 0 Å². The Labute approximate surface area is 162 Å². The summed E-state index contributed by atoms with van der Waals surface area (Å²) in [6.07, 6.45) is 0. The topological polar surface area (TPSA) is 52.7 Å². The molecular weight excluding hydrogens is 362 g/mol. The molecule has 0 radical (unpaired) electrons. The van der Waals surface area contributed by atoms with Crippen LogP contribution >= 0.6 is 11.6 Å². The first-order valence-corrected chi connectivity index (χ1v) is 8.99. The first kappa shape index (κ1) is 17.5. The fourth-order valence-electron chi connectivity index (χ4n) is 3.41. The van der Waals surface area contributed by atoms with E-state index in [4.69, 9.17) is 11.6 Å². The minimum Gasteiger partial charge on any atom is -0.324 e. The Morgan fingerprint density at radius 2 is 1.81 bits per heavy atom. The molecule has 27 heavy (non-hydrogen) atoms. The van der Waals surface area contributed by atoms with E-state index in [2.05, 4.69) is 5.32 Å². The molecule has 1 aliphatic rings. The molecule has 5 nitrogen and oxygen atoms in total. The van der Waals surface area contributed by atoms with Crippen LogP contribution in [0, 0.1) is 0 Å². The van der Waals surface area contributed by atoms with Crippen LogP contribution < -0.4 is 10.2 Å². The van der Waals surface area contributed by atoms with Crippen molar-refractivity contribution in [2.45, 2.75) is 0 Å². The van der Waals surface area contributed by atoms with Crippen molar-refractivity contribution in [2.75, 3.05) is 30.5 Å². The summed E-state index contributed by atoms with van der Waals surface area (Å²) in [7, 11) is 1.81. The van der Waals surface area contributed by atoms with Crippen LogP contribution in [-0.2, 0) is 4.79 Å². The summed E-state index contributed by atoms with van der Waals surface area (Å²) in [6, 6.07) is 18.7. The number of para-hydroxylation sites is 1. The average molecular weight is 380 g/mol. The van der Waals surface area contributed by atoms with Gasteiger partial charge in [0, 0.05) is 10.9 Å². The van der Waals surface area contributed by atoms with Gasteiger partial charge in [0.05, 0.1) is 29.6 Å². The van der Waals surface area contributed by atoms with Gasteiger partial charge in [-0.2, -0.15) is 0 Å². The van der Waals surface area contributed by atoms with Crippen molar-refractivity contribution in [3.8, 4) is 0 Å². The number of nitrogens with zero attached hydrogens (tertiary/aromatic N) is 2. The lowest BCUT2D eigenvalue weighted by atomic mass is 10.1. The van der Waals surface area contributed by atoms with Crippen molar-refractivity contribution in [1.82, 2.24) is 4.90 Å². The molecule has 0 aromatic heterocycles.